The lowest BCUT2D eigenvalue weighted by molar-refractivity contribution is 0.249. The van der Waals surface area contributed by atoms with Crippen LogP contribution < -0.4 is 0 Å². The topological polar surface area (TPSA) is 0 Å². The molecule has 90 valence electrons. The molecule has 0 aromatic rings. The van der Waals surface area contributed by atoms with Crippen LogP contribution in [0.5, 0.6) is 0 Å². The van der Waals surface area contributed by atoms with Crippen LogP contribution in [-0.2, 0) is 0 Å². The molecule has 0 bridgehead atoms. The molecule has 1 fully saturated rings. The summed E-state index contributed by atoms with van der Waals surface area (Å²) in [5.74, 6) is 4.86. The van der Waals surface area contributed by atoms with E-state index in [0.29, 0.717) is 0 Å². The maximum absolute atomic E-state index is 2.47. The highest BCUT2D eigenvalue weighted by Crippen LogP contribution is 2.41. The number of hydrogen-bond acceptors (Lipinski definition) is 0. The van der Waals surface area contributed by atoms with Crippen molar-refractivity contribution < 1.29 is 0 Å². The Labute approximate surface area is 96.8 Å². The zero-order chi connectivity index (χ0) is 11.4. The molecule has 0 nitrogen and oxygen atoms in total. The van der Waals surface area contributed by atoms with E-state index in [0.717, 1.165) is 29.6 Å². The van der Waals surface area contributed by atoms with Crippen LogP contribution in [0.15, 0.2) is 0 Å². The molecule has 1 aliphatic carbocycles. The van der Waals surface area contributed by atoms with Crippen LogP contribution in [0, 0.1) is 29.6 Å². The van der Waals surface area contributed by atoms with Gasteiger partial charge in [0.25, 0.3) is 0 Å². The minimum absolute atomic E-state index is 0.882. The van der Waals surface area contributed by atoms with Gasteiger partial charge in [-0.1, -0.05) is 47.5 Å². The summed E-state index contributed by atoms with van der Waals surface area (Å²) in [5.41, 5.74) is 0. The lowest BCUT2D eigenvalue weighted by Gasteiger charge is -2.26. The molecule has 1 saturated carbocycles. The Kier molecular flexibility index (Phi) is 5.15. The van der Waals surface area contributed by atoms with E-state index in [2.05, 4.69) is 34.6 Å². The first-order valence-corrected chi connectivity index (χ1v) is 7.04. The van der Waals surface area contributed by atoms with E-state index in [9.17, 15) is 0 Å². The summed E-state index contributed by atoms with van der Waals surface area (Å²) >= 11 is 0. The summed E-state index contributed by atoms with van der Waals surface area (Å²) in [4.78, 5) is 0. The van der Waals surface area contributed by atoms with E-state index in [1.54, 1.807) is 0 Å². The van der Waals surface area contributed by atoms with Crippen LogP contribution in [0.1, 0.15) is 66.7 Å². The zero-order valence-corrected chi connectivity index (χ0v) is 11.4. The van der Waals surface area contributed by atoms with Crippen molar-refractivity contribution in [3.63, 3.8) is 0 Å². The third-order valence-corrected chi connectivity index (χ3v) is 4.49. The monoisotopic (exact) mass is 210 g/mol. The Bertz CT molecular complexity index is 171. The summed E-state index contributed by atoms with van der Waals surface area (Å²) in [5, 5.41) is 0. The van der Waals surface area contributed by atoms with Crippen molar-refractivity contribution in [1.29, 1.82) is 0 Å². The quantitative estimate of drug-likeness (QED) is 0.590. The Hall–Kier alpha value is 0. The molecule has 0 N–H and O–H groups in total. The Morgan fingerprint density at radius 2 is 1.80 bits per heavy atom. The molecule has 0 spiro atoms. The molecule has 4 unspecified atom stereocenters. The van der Waals surface area contributed by atoms with Crippen molar-refractivity contribution >= 4 is 0 Å². The van der Waals surface area contributed by atoms with Crippen LogP contribution in [-0.4, -0.2) is 0 Å². The van der Waals surface area contributed by atoms with Crippen molar-refractivity contribution in [2.75, 3.05) is 0 Å². The molecule has 1 rings (SSSR count). The lowest BCUT2D eigenvalue weighted by Crippen LogP contribution is -2.16. The summed E-state index contributed by atoms with van der Waals surface area (Å²) in [6.45, 7) is 12.0. The fourth-order valence-electron chi connectivity index (χ4n) is 3.48. The minimum Gasteiger partial charge on any atom is -0.0654 e. The van der Waals surface area contributed by atoms with E-state index in [1.165, 1.54) is 32.1 Å². The van der Waals surface area contributed by atoms with Crippen LogP contribution in [0.3, 0.4) is 0 Å². The molecule has 0 radical (unpaired) electrons. The summed E-state index contributed by atoms with van der Waals surface area (Å²) < 4.78 is 0. The highest BCUT2D eigenvalue weighted by atomic mass is 14.4. The standard InChI is InChI=1S/C15H30/c1-6-7-14(11(2)3)10-15-9-12(4)8-13(15)5/h11-15H,6-10H2,1-5H3. The van der Waals surface area contributed by atoms with Crippen LogP contribution in [0.25, 0.3) is 0 Å². The van der Waals surface area contributed by atoms with Crippen molar-refractivity contribution in [2.24, 2.45) is 29.6 Å². The molecule has 0 heteroatoms. The summed E-state index contributed by atoms with van der Waals surface area (Å²) in [6.07, 6.45) is 7.27. The smallest absolute Gasteiger partial charge is 0.0383 e. The predicted octanol–water partition coefficient (Wildman–Crippen LogP) is 5.13. The maximum Gasteiger partial charge on any atom is -0.0383 e. The average molecular weight is 210 g/mol. The number of rotatable bonds is 5. The van der Waals surface area contributed by atoms with Gasteiger partial charge >= 0.3 is 0 Å². The van der Waals surface area contributed by atoms with Gasteiger partial charge < -0.3 is 0 Å². The van der Waals surface area contributed by atoms with Gasteiger partial charge in [0.15, 0.2) is 0 Å². The van der Waals surface area contributed by atoms with E-state index < -0.39 is 0 Å². The molecule has 0 aromatic carbocycles. The van der Waals surface area contributed by atoms with Crippen LogP contribution >= 0.6 is 0 Å². The first-order valence-electron chi connectivity index (χ1n) is 7.04. The average Bonchev–Trinajstić information content (AvgIpc) is 2.44. The van der Waals surface area contributed by atoms with E-state index >= 15 is 0 Å². The van der Waals surface area contributed by atoms with Gasteiger partial charge in [-0.05, 0) is 48.9 Å². The van der Waals surface area contributed by atoms with Crippen molar-refractivity contribution in [1.82, 2.24) is 0 Å². The molecule has 0 heterocycles. The van der Waals surface area contributed by atoms with Crippen molar-refractivity contribution in [3.05, 3.63) is 0 Å². The molecule has 1 aliphatic rings. The van der Waals surface area contributed by atoms with Gasteiger partial charge in [-0.2, -0.15) is 0 Å². The molecular weight excluding hydrogens is 180 g/mol. The highest BCUT2D eigenvalue weighted by Gasteiger charge is 2.30. The van der Waals surface area contributed by atoms with Gasteiger partial charge in [-0.15, -0.1) is 0 Å². The van der Waals surface area contributed by atoms with Gasteiger partial charge in [0.05, 0.1) is 0 Å². The molecule has 0 aliphatic heterocycles. The molecule has 15 heavy (non-hydrogen) atoms. The summed E-state index contributed by atoms with van der Waals surface area (Å²) in [7, 11) is 0. The molecular formula is C15H30. The Morgan fingerprint density at radius 1 is 1.13 bits per heavy atom. The second-order valence-electron chi connectivity index (χ2n) is 6.34. The van der Waals surface area contributed by atoms with E-state index in [1.807, 2.05) is 0 Å². The second kappa shape index (κ2) is 5.92. The van der Waals surface area contributed by atoms with E-state index in [-0.39, 0.29) is 0 Å². The van der Waals surface area contributed by atoms with Gasteiger partial charge in [-0.3, -0.25) is 0 Å². The minimum atomic E-state index is 0.882. The van der Waals surface area contributed by atoms with Gasteiger partial charge in [0.1, 0.15) is 0 Å². The fraction of sp³-hybridized carbons (Fsp3) is 1.00. The van der Waals surface area contributed by atoms with Gasteiger partial charge in [-0.25, -0.2) is 0 Å². The molecule has 0 aromatic heterocycles. The first kappa shape index (κ1) is 13.1. The molecule has 4 atom stereocenters. The first-order chi connectivity index (χ1) is 7.04. The third-order valence-electron chi connectivity index (χ3n) is 4.49. The van der Waals surface area contributed by atoms with Crippen molar-refractivity contribution in [3.8, 4) is 0 Å². The van der Waals surface area contributed by atoms with Crippen LogP contribution in [0.2, 0.25) is 0 Å². The number of hydrogen-bond donors (Lipinski definition) is 0. The third kappa shape index (κ3) is 3.81. The normalized spacial score (nSPS) is 33.6. The highest BCUT2D eigenvalue weighted by molar-refractivity contribution is 4.81. The Morgan fingerprint density at radius 3 is 2.20 bits per heavy atom. The molecule has 0 saturated heterocycles. The fourth-order valence-corrected chi connectivity index (χ4v) is 3.48. The summed E-state index contributed by atoms with van der Waals surface area (Å²) in [6, 6.07) is 0. The predicted molar refractivity (Wildman–Crippen MR) is 68.9 cm³/mol. The van der Waals surface area contributed by atoms with Crippen LogP contribution in [0.4, 0.5) is 0 Å². The maximum atomic E-state index is 2.47. The van der Waals surface area contributed by atoms with Crippen molar-refractivity contribution in [2.45, 2.75) is 66.7 Å². The van der Waals surface area contributed by atoms with E-state index in [4.69, 9.17) is 0 Å². The van der Waals surface area contributed by atoms with Gasteiger partial charge in [0, 0.05) is 0 Å². The largest absolute Gasteiger partial charge is 0.0654 e. The SMILES string of the molecule is CCCC(CC1CC(C)CC1C)C(C)C. The zero-order valence-electron chi connectivity index (χ0n) is 11.4. The molecule has 0 amide bonds. The van der Waals surface area contributed by atoms with Gasteiger partial charge in [0.2, 0.25) is 0 Å². The second-order valence-corrected chi connectivity index (χ2v) is 6.34. The Balaban J connectivity index is 2.43. The lowest BCUT2D eigenvalue weighted by atomic mass is 9.80.